The summed E-state index contributed by atoms with van der Waals surface area (Å²) in [4.78, 5) is 2.31. The number of piperidine rings is 1. The molecule has 0 bridgehead atoms. The van der Waals surface area contributed by atoms with E-state index in [0.29, 0.717) is 12.5 Å². The van der Waals surface area contributed by atoms with Gasteiger partial charge in [0.2, 0.25) is 0 Å². The molecule has 1 aromatic rings. The van der Waals surface area contributed by atoms with Crippen LogP contribution in [0.1, 0.15) is 25.3 Å². The van der Waals surface area contributed by atoms with Gasteiger partial charge >= 0.3 is 0 Å². The molecule has 2 N–H and O–H groups in total. The summed E-state index contributed by atoms with van der Waals surface area (Å²) in [6.45, 7) is 4.79. The molecule has 1 heterocycles. The van der Waals surface area contributed by atoms with Gasteiger partial charge in [0.05, 0.1) is 0 Å². The minimum absolute atomic E-state index is 0. The molecular weight excluding hydrogens is 331 g/mol. The molecule has 108 valence electrons. The second-order valence-corrected chi connectivity index (χ2v) is 6.12. The smallest absolute Gasteiger partial charge is 0.127 e. The van der Waals surface area contributed by atoms with Crippen molar-refractivity contribution in [2.24, 2.45) is 11.7 Å². The van der Waals surface area contributed by atoms with Crippen LogP contribution in [0.4, 0.5) is 4.39 Å². The maximum Gasteiger partial charge on any atom is 0.127 e. The molecule has 1 aliphatic heterocycles. The van der Waals surface area contributed by atoms with Crippen LogP contribution in [-0.4, -0.2) is 24.0 Å². The lowest BCUT2D eigenvalue weighted by atomic mass is 9.91. The molecule has 0 radical (unpaired) electrons. The minimum Gasteiger partial charge on any atom is -0.328 e. The fourth-order valence-electron chi connectivity index (χ4n) is 2.54. The van der Waals surface area contributed by atoms with Crippen LogP contribution in [0, 0.1) is 11.7 Å². The highest BCUT2D eigenvalue weighted by Crippen LogP contribution is 2.23. The lowest BCUT2D eigenvalue weighted by Gasteiger charge is -2.33. The Bertz CT molecular complexity index is 406. The predicted octanol–water partition coefficient (Wildman–Crippen LogP) is 3.57. The van der Waals surface area contributed by atoms with Crippen molar-refractivity contribution < 1.29 is 4.39 Å². The number of hydrogen-bond acceptors (Lipinski definition) is 2. The van der Waals surface area contributed by atoms with Gasteiger partial charge in [0.15, 0.2) is 0 Å². The molecule has 19 heavy (non-hydrogen) atoms. The molecule has 1 aliphatic rings. The van der Waals surface area contributed by atoms with E-state index in [1.165, 1.54) is 6.07 Å². The molecule has 1 unspecified atom stereocenters. The van der Waals surface area contributed by atoms with Crippen LogP contribution in [0.2, 0.25) is 0 Å². The van der Waals surface area contributed by atoms with Gasteiger partial charge in [-0.05, 0) is 57.0 Å². The Morgan fingerprint density at radius 1 is 1.42 bits per heavy atom. The van der Waals surface area contributed by atoms with E-state index in [1.807, 2.05) is 6.07 Å². The van der Waals surface area contributed by atoms with Gasteiger partial charge < -0.3 is 5.73 Å². The second-order valence-electron chi connectivity index (χ2n) is 5.21. The molecular formula is C14H21BrClFN2. The van der Waals surface area contributed by atoms with Gasteiger partial charge in [0.25, 0.3) is 0 Å². The van der Waals surface area contributed by atoms with E-state index < -0.39 is 0 Å². The van der Waals surface area contributed by atoms with E-state index in [0.717, 1.165) is 36.0 Å². The fraction of sp³-hybridized carbons (Fsp3) is 0.571. The number of nitrogens with two attached hydrogens (primary N) is 1. The Kier molecular flexibility index (Phi) is 6.74. The molecule has 0 aromatic heterocycles. The molecule has 0 saturated carbocycles. The van der Waals surface area contributed by atoms with Crippen LogP contribution in [0.3, 0.4) is 0 Å². The second kappa shape index (κ2) is 7.58. The maximum absolute atomic E-state index is 13.7. The molecule has 0 spiro atoms. The van der Waals surface area contributed by atoms with Crippen molar-refractivity contribution in [2.75, 3.05) is 13.1 Å². The first-order valence-electron chi connectivity index (χ1n) is 6.48. The number of likely N-dealkylation sites (tertiary alicyclic amines) is 1. The van der Waals surface area contributed by atoms with Gasteiger partial charge in [-0.15, -0.1) is 12.4 Å². The Morgan fingerprint density at radius 3 is 2.63 bits per heavy atom. The van der Waals surface area contributed by atoms with E-state index in [2.05, 4.69) is 27.8 Å². The molecule has 0 aliphatic carbocycles. The third kappa shape index (κ3) is 4.71. The summed E-state index contributed by atoms with van der Waals surface area (Å²) in [6, 6.07) is 5.40. The van der Waals surface area contributed by atoms with Crippen LogP contribution in [0.5, 0.6) is 0 Å². The van der Waals surface area contributed by atoms with Gasteiger partial charge in [-0.2, -0.15) is 0 Å². The quantitative estimate of drug-likeness (QED) is 0.902. The van der Waals surface area contributed by atoms with Gasteiger partial charge in [-0.3, -0.25) is 4.90 Å². The van der Waals surface area contributed by atoms with Gasteiger partial charge in [-0.1, -0.05) is 15.9 Å². The first kappa shape index (κ1) is 16.9. The van der Waals surface area contributed by atoms with E-state index in [1.54, 1.807) is 6.07 Å². The monoisotopic (exact) mass is 350 g/mol. The first-order chi connectivity index (χ1) is 8.56. The van der Waals surface area contributed by atoms with Crippen molar-refractivity contribution in [1.82, 2.24) is 4.90 Å². The van der Waals surface area contributed by atoms with Crippen LogP contribution in [0.15, 0.2) is 22.7 Å². The van der Waals surface area contributed by atoms with Crippen molar-refractivity contribution >= 4 is 28.3 Å². The normalized spacial score (nSPS) is 18.9. The molecule has 2 rings (SSSR count). The van der Waals surface area contributed by atoms with E-state index in [9.17, 15) is 4.39 Å². The van der Waals surface area contributed by atoms with Crippen molar-refractivity contribution in [3.8, 4) is 0 Å². The van der Waals surface area contributed by atoms with Gasteiger partial charge in [0, 0.05) is 22.6 Å². The summed E-state index contributed by atoms with van der Waals surface area (Å²) in [5.74, 6) is 0.501. The van der Waals surface area contributed by atoms with Crippen molar-refractivity contribution in [3.05, 3.63) is 34.1 Å². The third-order valence-electron chi connectivity index (χ3n) is 3.78. The Labute approximate surface area is 129 Å². The molecule has 1 atom stereocenters. The molecule has 2 nitrogen and oxygen atoms in total. The Hall–Kier alpha value is -0.160. The average Bonchev–Trinajstić information content (AvgIpc) is 2.34. The maximum atomic E-state index is 13.7. The van der Waals surface area contributed by atoms with E-state index >= 15 is 0 Å². The van der Waals surface area contributed by atoms with Crippen molar-refractivity contribution in [2.45, 2.75) is 32.4 Å². The summed E-state index contributed by atoms with van der Waals surface area (Å²) in [5, 5.41) is 0. The lowest BCUT2D eigenvalue weighted by Crippen LogP contribution is -2.39. The summed E-state index contributed by atoms with van der Waals surface area (Å²) in [7, 11) is 0. The number of halogens is 3. The molecule has 1 saturated heterocycles. The van der Waals surface area contributed by atoms with Gasteiger partial charge in [0.1, 0.15) is 5.82 Å². The zero-order valence-electron chi connectivity index (χ0n) is 11.1. The highest BCUT2D eigenvalue weighted by molar-refractivity contribution is 9.10. The lowest BCUT2D eigenvalue weighted by molar-refractivity contribution is 0.164. The largest absolute Gasteiger partial charge is 0.328 e. The molecule has 5 heteroatoms. The van der Waals surface area contributed by atoms with Crippen LogP contribution < -0.4 is 5.73 Å². The van der Waals surface area contributed by atoms with Gasteiger partial charge in [-0.25, -0.2) is 4.39 Å². The average molecular weight is 352 g/mol. The fourth-order valence-corrected chi connectivity index (χ4v) is 2.95. The predicted molar refractivity (Wildman–Crippen MR) is 83.0 cm³/mol. The first-order valence-corrected chi connectivity index (χ1v) is 7.27. The third-order valence-corrected chi connectivity index (χ3v) is 4.27. The summed E-state index contributed by atoms with van der Waals surface area (Å²) in [5.41, 5.74) is 6.69. The van der Waals surface area contributed by atoms with E-state index in [4.69, 9.17) is 5.73 Å². The number of benzene rings is 1. The van der Waals surface area contributed by atoms with Crippen molar-refractivity contribution in [3.63, 3.8) is 0 Å². The van der Waals surface area contributed by atoms with Crippen LogP contribution in [-0.2, 0) is 6.54 Å². The standard InChI is InChI=1S/C14H20BrFN2.ClH/c1-10(17)11-4-6-18(7-5-11)9-12-8-13(15)2-3-14(12)16;/h2-3,8,10-11H,4-7,9,17H2,1H3;1H. The van der Waals surface area contributed by atoms with Crippen LogP contribution >= 0.6 is 28.3 Å². The van der Waals surface area contributed by atoms with E-state index in [-0.39, 0.29) is 24.3 Å². The minimum atomic E-state index is -0.118. The Morgan fingerprint density at radius 2 is 2.05 bits per heavy atom. The van der Waals surface area contributed by atoms with Crippen LogP contribution in [0.25, 0.3) is 0 Å². The summed E-state index contributed by atoms with van der Waals surface area (Å²) in [6.07, 6.45) is 2.24. The van der Waals surface area contributed by atoms with Crippen molar-refractivity contribution in [1.29, 1.82) is 0 Å². The Balaban J connectivity index is 0.00000180. The zero-order valence-corrected chi connectivity index (χ0v) is 13.5. The highest BCUT2D eigenvalue weighted by Gasteiger charge is 2.22. The summed E-state index contributed by atoms with van der Waals surface area (Å²) < 4.78 is 14.6. The summed E-state index contributed by atoms with van der Waals surface area (Å²) >= 11 is 3.39. The molecule has 0 amide bonds. The number of hydrogen-bond donors (Lipinski definition) is 1. The topological polar surface area (TPSA) is 29.3 Å². The SMILES string of the molecule is CC(N)C1CCN(Cc2cc(Br)ccc2F)CC1.Cl. The number of rotatable bonds is 3. The number of nitrogens with zero attached hydrogens (tertiary/aromatic N) is 1. The molecule has 1 fully saturated rings. The molecule has 1 aromatic carbocycles. The highest BCUT2D eigenvalue weighted by atomic mass is 79.9. The zero-order chi connectivity index (χ0) is 13.1.